The van der Waals surface area contributed by atoms with Crippen LogP contribution in [0.25, 0.3) is 10.4 Å². The van der Waals surface area contributed by atoms with Gasteiger partial charge in [0.2, 0.25) is 0 Å². The number of carbonyl (C=O) groups is 1. The minimum absolute atomic E-state index is 0.114. The van der Waals surface area contributed by atoms with Crippen molar-refractivity contribution in [2.24, 2.45) is 5.73 Å². The molecule has 3 aromatic rings. The van der Waals surface area contributed by atoms with Crippen LogP contribution in [0.1, 0.15) is 20.9 Å². The number of aryl methyl sites for hydroxylation is 1. The van der Waals surface area contributed by atoms with Crippen molar-refractivity contribution in [3.8, 4) is 21.9 Å². The third-order valence-electron chi connectivity index (χ3n) is 4.34. The number of nitrogens with two attached hydrogens (primary N) is 1. The van der Waals surface area contributed by atoms with Crippen LogP contribution in [0.5, 0.6) is 11.5 Å². The van der Waals surface area contributed by atoms with Gasteiger partial charge in [-0.25, -0.2) is 4.98 Å². The number of anilines is 1. The smallest absolute Gasteiger partial charge is 0.268 e. The van der Waals surface area contributed by atoms with E-state index in [2.05, 4.69) is 16.0 Å². The highest BCUT2D eigenvalue weighted by molar-refractivity contribution is 7.15. The predicted molar refractivity (Wildman–Crippen MR) is 103 cm³/mol. The van der Waals surface area contributed by atoms with Gasteiger partial charge in [-0.2, -0.15) is 0 Å². The van der Waals surface area contributed by atoms with E-state index in [-0.39, 0.29) is 11.4 Å². The van der Waals surface area contributed by atoms with Crippen molar-refractivity contribution >= 4 is 23.1 Å². The second-order valence-corrected chi connectivity index (χ2v) is 7.58. The van der Waals surface area contributed by atoms with Crippen molar-refractivity contribution in [2.45, 2.75) is 13.5 Å². The normalized spacial score (nSPS) is 13.6. The van der Waals surface area contributed by atoms with Crippen molar-refractivity contribution in [2.75, 3.05) is 18.1 Å². The van der Waals surface area contributed by atoms with Crippen molar-refractivity contribution in [3.63, 3.8) is 0 Å². The molecule has 0 saturated carbocycles. The maximum atomic E-state index is 11.4. The molecule has 4 rings (SSSR count). The van der Waals surface area contributed by atoms with Gasteiger partial charge in [0.25, 0.3) is 5.91 Å². The first kappa shape index (κ1) is 17.3. The van der Waals surface area contributed by atoms with Crippen LogP contribution in [-0.2, 0) is 6.54 Å². The lowest BCUT2D eigenvalue weighted by molar-refractivity contribution is 0.0995. The Bertz CT molecular complexity index is 1020. The fourth-order valence-electron chi connectivity index (χ4n) is 3.05. The number of phenolic OH excluding ortho intramolecular Hbond substituents is 1. The molecule has 8 heteroatoms. The molecule has 0 unspecified atom stereocenters. The van der Waals surface area contributed by atoms with E-state index in [1.54, 1.807) is 23.6 Å². The Morgan fingerprint density at radius 3 is 2.93 bits per heavy atom. The Hall–Kier alpha value is -3.13. The second-order valence-electron chi connectivity index (χ2n) is 6.29. The number of benzene rings is 1. The average molecular weight is 382 g/mol. The van der Waals surface area contributed by atoms with E-state index in [9.17, 15) is 9.90 Å². The molecule has 0 saturated heterocycles. The van der Waals surface area contributed by atoms with Gasteiger partial charge in [0.05, 0.1) is 18.9 Å². The van der Waals surface area contributed by atoms with Crippen molar-refractivity contribution in [3.05, 3.63) is 52.8 Å². The van der Waals surface area contributed by atoms with E-state index in [4.69, 9.17) is 10.5 Å². The summed E-state index contributed by atoms with van der Waals surface area (Å²) in [6, 6.07) is 7.84. The van der Waals surface area contributed by atoms with Gasteiger partial charge in [-0.15, -0.1) is 11.3 Å². The summed E-state index contributed by atoms with van der Waals surface area (Å²) in [5, 5.41) is 10.5. The van der Waals surface area contributed by atoms with Gasteiger partial charge in [0.15, 0.2) is 11.5 Å². The third kappa shape index (κ3) is 3.43. The SMILES string of the molecule is Cc1ccc(-c2cc(O)c3c(c2)CN(c2cncc(C(N)=O)n2)CCO3)s1. The van der Waals surface area contributed by atoms with Crippen LogP contribution in [0.2, 0.25) is 0 Å². The molecular weight excluding hydrogens is 364 g/mol. The lowest BCUT2D eigenvalue weighted by Gasteiger charge is -2.20. The van der Waals surface area contributed by atoms with E-state index in [0.29, 0.717) is 31.3 Å². The first-order valence-corrected chi connectivity index (χ1v) is 9.25. The number of hydrogen-bond donors (Lipinski definition) is 2. The first-order chi connectivity index (χ1) is 13.0. The Balaban J connectivity index is 1.71. The molecule has 138 valence electrons. The number of aromatic hydroxyl groups is 1. The van der Waals surface area contributed by atoms with Crippen molar-refractivity contribution in [1.82, 2.24) is 9.97 Å². The third-order valence-corrected chi connectivity index (χ3v) is 5.39. The van der Waals surface area contributed by atoms with Crippen LogP contribution in [0.4, 0.5) is 5.82 Å². The van der Waals surface area contributed by atoms with Crippen molar-refractivity contribution in [1.29, 1.82) is 0 Å². The molecule has 27 heavy (non-hydrogen) atoms. The Labute approximate surface area is 160 Å². The van der Waals surface area contributed by atoms with Crippen LogP contribution in [0.3, 0.4) is 0 Å². The maximum absolute atomic E-state index is 11.4. The largest absolute Gasteiger partial charge is 0.504 e. The Morgan fingerprint density at radius 1 is 1.33 bits per heavy atom. The molecule has 1 aromatic carbocycles. The lowest BCUT2D eigenvalue weighted by atomic mass is 10.1. The Kier molecular flexibility index (Phi) is 4.41. The van der Waals surface area contributed by atoms with Crippen molar-refractivity contribution < 1.29 is 14.6 Å². The summed E-state index contributed by atoms with van der Waals surface area (Å²) in [4.78, 5) is 24.0. The molecule has 0 radical (unpaired) electrons. The second kappa shape index (κ2) is 6.88. The topological polar surface area (TPSA) is 102 Å². The fourth-order valence-corrected chi connectivity index (χ4v) is 3.91. The number of nitrogens with zero attached hydrogens (tertiary/aromatic N) is 3. The van der Waals surface area contributed by atoms with Gasteiger partial charge >= 0.3 is 0 Å². The van der Waals surface area contributed by atoms with Gasteiger partial charge in [-0.3, -0.25) is 9.78 Å². The number of hydrogen-bond acceptors (Lipinski definition) is 7. The van der Waals surface area contributed by atoms with Crippen LogP contribution >= 0.6 is 11.3 Å². The summed E-state index contributed by atoms with van der Waals surface area (Å²) in [5.41, 5.74) is 7.21. The average Bonchev–Trinajstić information content (AvgIpc) is 2.96. The number of thiophene rings is 1. The maximum Gasteiger partial charge on any atom is 0.268 e. The van der Waals surface area contributed by atoms with E-state index in [0.717, 1.165) is 16.0 Å². The molecule has 3 N–H and O–H groups in total. The molecule has 0 bridgehead atoms. The minimum Gasteiger partial charge on any atom is -0.504 e. The number of ether oxygens (including phenoxy) is 1. The first-order valence-electron chi connectivity index (χ1n) is 8.43. The summed E-state index contributed by atoms with van der Waals surface area (Å²) < 4.78 is 5.78. The number of amides is 1. The summed E-state index contributed by atoms with van der Waals surface area (Å²) in [7, 11) is 0. The van der Waals surface area contributed by atoms with Gasteiger partial charge in [0, 0.05) is 21.9 Å². The molecule has 0 atom stereocenters. The zero-order valence-corrected chi connectivity index (χ0v) is 15.5. The molecule has 0 aliphatic carbocycles. The predicted octanol–water partition coefficient (Wildman–Crippen LogP) is 2.72. The number of carbonyl (C=O) groups excluding carboxylic acids is 1. The highest BCUT2D eigenvalue weighted by Crippen LogP contribution is 2.39. The van der Waals surface area contributed by atoms with Gasteiger partial charge in [-0.05, 0) is 36.8 Å². The standard InChI is InChI=1S/C19H18N4O3S/c1-11-2-3-16(27-11)12-6-13-10-23(4-5-26-18(13)15(24)7-12)17-9-21-8-14(22-17)19(20)25/h2-3,6-9,24H,4-5,10H2,1H3,(H2,20,25). The summed E-state index contributed by atoms with van der Waals surface area (Å²) in [6.45, 7) is 3.43. The van der Waals surface area contributed by atoms with Gasteiger partial charge in [0.1, 0.15) is 18.1 Å². The number of aromatic nitrogens is 2. The molecule has 1 aliphatic heterocycles. The number of rotatable bonds is 3. The summed E-state index contributed by atoms with van der Waals surface area (Å²) in [6.07, 6.45) is 2.93. The highest BCUT2D eigenvalue weighted by atomic mass is 32.1. The molecule has 3 heterocycles. The van der Waals surface area contributed by atoms with Gasteiger partial charge in [-0.1, -0.05) is 0 Å². The zero-order chi connectivity index (χ0) is 19.0. The molecular formula is C19H18N4O3S. The number of fused-ring (bicyclic) bond motifs is 1. The highest BCUT2D eigenvalue weighted by Gasteiger charge is 2.21. The van der Waals surface area contributed by atoms with E-state index < -0.39 is 5.91 Å². The van der Waals surface area contributed by atoms with Crippen LogP contribution < -0.4 is 15.4 Å². The number of primary amides is 1. The van der Waals surface area contributed by atoms with E-state index in [1.165, 1.54) is 11.1 Å². The van der Waals surface area contributed by atoms with Crippen LogP contribution in [-0.4, -0.2) is 34.1 Å². The quantitative estimate of drug-likeness (QED) is 0.722. The molecule has 0 spiro atoms. The molecule has 2 aromatic heterocycles. The molecule has 7 nitrogen and oxygen atoms in total. The summed E-state index contributed by atoms with van der Waals surface area (Å²) >= 11 is 1.67. The van der Waals surface area contributed by atoms with Crippen LogP contribution in [0.15, 0.2) is 36.7 Å². The molecule has 0 fully saturated rings. The molecule has 1 aliphatic rings. The monoisotopic (exact) mass is 382 g/mol. The lowest BCUT2D eigenvalue weighted by Crippen LogP contribution is -2.27. The summed E-state index contributed by atoms with van der Waals surface area (Å²) in [5.74, 6) is 0.518. The molecule has 1 amide bonds. The number of phenols is 1. The fraction of sp³-hybridized carbons (Fsp3) is 0.211. The Morgan fingerprint density at radius 2 is 2.19 bits per heavy atom. The zero-order valence-electron chi connectivity index (χ0n) is 14.7. The van der Waals surface area contributed by atoms with E-state index >= 15 is 0 Å². The van der Waals surface area contributed by atoms with Gasteiger partial charge < -0.3 is 20.5 Å². The van der Waals surface area contributed by atoms with Crippen LogP contribution in [0, 0.1) is 6.92 Å². The van der Waals surface area contributed by atoms with E-state index in [1.807, 2.05) is 24.0 Å². The minimum atomic E-state index is -0.621.